The Kier molecular flexibility index (Phi) is 9.92. The predicted octanol–water partition coefficient (Wildman–Crippen LogP) is 0.988. The van der Waals surface area contributed by atoms with Crippen molar-refractivity contribution in [1.82, 2.24) is 0 Å². The summed E-state index contributed by atoms with van der Waals surface area (Å²) in [7, 11) is 1.03. The summed E-state index contributed by atoms with van der Waals surface area (Å²) in [5.74, 6) is -18.9. The van der Waals surface area contributed by atoms with Crippen LogP contribution in [0.15, 0.2) is 36.4 Å². The number of benzene rings is 4. The molecule has 6 rings (SSSR count). The highest BCUT2D eigenvalue weighted by atomic mass is 16.7. The first-order valence-corrected chi connectivity index (χ1v) is 15.9. The number of aromatic hydroxyl groups is 11. The first-order chi connectivity index (χ1) is 26.8. The van der Waals surface area contributed by atoms with Crippen LogP contribution in [0.1, 0.15) is 41.4 Å². The molecule has 0 bridgehead atoms. The molecule has 0 amide bonds. The van der Waals surface area contributed by atoms with Crippen LogP contribution in [0.2, 0.25) is 0 Å². The standard InChI is InChI=1S/C35H28O22/c1-52-18-7-12-21(27(46)25(18)44)20-11(6-17(40)24(43)26(20)45)34(50)55-28-19(8-53-33(12)49)54-35(51)30(57-32(48)10-4-15(38)23(42)16(39)5-10)29(28)56-31(47)9-2-13(36)22(41)14(37)3-9/h2-7,19,28-30,35-46,51H,8H2,1H3/t19?,28-,29+,30?,35?/m1/s1. The maximum absolute atomic E-state index is 14.1. The van der Waals surface area contributed by atoms with Crippen LogP contribution >= 0.6 is 0 Å². The van der Waals surface area contributed by atoms with Crippen molar-refractivity contribution in [1.29, 1.82) is 0 Å². The van der Waals surface area contributed by atoms with Crippen LogP contribution in [0, 0.1) is 0 Å². The van der Waals surface area contributed by atoms with Crippen LogP contribution in [0.4, 0.5) is 0 Å². The number of cyclic esters (lactones) is 1. The van der Waals surface area contributed by atoms with Gasteiger partial charge in [-0.2, -0.15) is 0 Å². The van der Waals surface area contributed by atoms with Crippen LogP contribution in [-0.4, -0.2) is 130 Å². The lowest BCUT2D eigenvalue weighted by Crippen LogP contribution is -2.62. The third kappa shape index (κ3) is 6.80. The van der Waals surface area contributed by atoms with Crippen molar-refractivity contribution in [2.75, 3.05) is 13.7 Å². The fourth-order valence-electron chi connectivity index (χ4n) is 5.94. The lowest BCUT2D eigenvalue weighted by Gasteiger charge is -2.42. The summed E-state index contributed by atoms with van der Waals surface area (Å²) in [6, 6.07) is 3.77. The van der Waals surface area contributed by atoms with Crippen molar-refractivity contribution in [3.05, 3.63) is 58.7 Å². The van der Waals surface area contributed by atoms with Gasteiger partial charge in [0.25, 0.3) is 0 Å². The van der Waals surface area contributed by atoms with Crippen molar-refractivity contribution < 1.29 is 109 Å². The first-order valence-electron chi connectivity index (χ1n) is 15.9. The van der Waals surface area contributed by atoms with E-state index in [1.165, 1.54) is 0 Å². The third-order valence-corrected chi connectivity index (χ3v) is 8.73. The van der Waals surface area contributed by atoms with Gasteiger partial charge in [-0.3, -0.25) is 0 Å². The molecule has 300 valence electrons. The summed E-state index contributed by atoms with van der Waals surface area (Å²) in [5.41, 5.74) is -4.92. The molecule has 5 atom stereocenters. The van der Waals surface area contributed by atoms with Crippen LogP contribution in [0.25, 0.3) is 11.1 Å². The Morgan fingerprint density at radius 3 is 1.56 bits per heavy atom. The molecule has 57 heavy (non-hydrogen) atoms. The van der Waals surface area contributed by atoms with Crippen molar-refractivity contribution in [3.8, 4) is 80.1 Å². The van der Waals surface area contributed by atoms with Crippen LogP contribution < -0.4 is 4.74 Å². The van der Waals surface area contributed by atoms with E-state index in [1.54, 1.807) is 0 Å². The summed E-state index contributed by atoms with van der Waals surface area (Å²) in [6.45, 7) is -1.05. The Hall–Kier alpha value is -7.72. The van der Waals surface area contributed by atoms with Crippen LogP contribution in [0.3, 0.4) is 0 Å². The summed E-state index contributed by atoms with van der Waals surface area (Å²) < 4.78 is 32.2. The number of phenolic OH excluding ortho intramolecular Hbond substituents is 11. The number of rotatable bonds is 5. The highest BCUT2D eigenvalue weighted by Gasteiger charge is 2.53. The summed E-state index contributed by atoms with van der Waals surface area (Å²) in [4.78, 5) is 54.6. The Morgan fingerprint density at radius 2 is 1.05 bits per heavy atom. The normalized spacial score (nSPS) is 20.4. The second-order valence-corrected chi connectivity index (χ2v) is 12.2. The molecule has 2 heterocycles. The van der Waals surface area contributed by atoms with E-state index in [0.717, 1.165) is 13.2 Å². The SMILES string of the molecule is COc1cc2c(c(O)c1O)-c1c(cc(O)c(O)c1O)C(=O)O[C@@H]1C(COC2=O)OC(O)C(OC(=O)c2cc(O)c(O)c(O)c2)[C@H]1OC(=O)c1cc(O)c(O)c(O)c1. The van der Waals surface area contributed by atoms with E-state index in [1.807, 2.05) is 0 Å². The van der Waals surface area contributed by atoms with Gasteiger partial charge in [0.05, 0.1) is 29.4 Å². The topological polar surface area (TPSA) is 366 Å². The molecule has 22 nitrogen and oxygen atoms in total. The van der Waals surface area contributed by atoms with Gasteiger partial charge in [0, 0.05) is 11.1 Å². The van der Waals surface area contributed by atoms with E-state index in [4.69, 9.17) is 28.4 Å². The predicted molar refractivity (Wildman–Crippen MR) is 178 cm³/mol. The number of carbonyl (C=O) groups excluding carboxylic acids is 4. The largest absolute Gasteiger partial charge is 0.504 e. The van der Waals surface area contributed by atoms with E-state index in [2.05, 4.69) is 0 Å². The fourth-order valence-corrected chi connectivity index (χ4v) is 5.94. The van der Waals surface area contributed by atoms with Gasteiger partial charge in [-0.25, -0.2) is 19.2 Å². The second-order valence-electron chi connectivity index (χ2n) is 12.2. The number of hydrogen-bond acceptors (Lipinski definition) is 22. The van der Waals surface area contributed by atoms with E-state index < -0.39 is 164 Å². The molecule has 0 aromatic heterocycles. The zero-order valence-corrected chi connectivity index (χ0v) is 28.5. The molecule has 0 spiro atoms. The third-order valence-electron chi connectivity index (χ3n) is 8.73. The van der Waals surface area contributed by atoms with Gasteiger partial charge >= 0.3 is 23.9 Å². The number of ether oxygens (including phenoxy) is 6. The number of hydrogen-bond donors (Lipinski definition) is 12. The van der Waals surface area contributed by atoms with Gasteiger partial charge in [-0.05, 0) is 36.4 Å². The number of fused-ring (bicyclic) bond motifs is 4. The summed E-state index contributed by atoms with van der Waals surface area (Å²) in [5, 5.41) is 124. The molecule has 4 aromatic carbocycles. The Labute approximate surface area is 315 Å². The summed E-state index contributed by atoms with van der Waals surface area (Å²) >= 11 is 0. The van der Waals surface area contributed by atoms with E-state index in [9.17, 15) is 80.5 Å². The van der Waals surface area contributed by atoms with Gasteiger partial charge in [0.1, 0.15) is 12.7 Å². The van der Waals surface area contributed by atoms with Gasteiger partial charge < -0.3 is 89.7 Å². The number of aliphatic hydroxyl groups is 1. The molecule has 0 radical (unpaired) electrons. The van der Waals surface area contributed by atoms with Gasteiger partial charge in [0.15, 0.2) is 82.1 Å². The number of aliphatic hydroxyl groups excluding tert-OH is 1. The molecule has 3 unspecified atom stereocenters. The lowest BCUT2D eigenvalue weighted by atomic mass is 9.91. The molecular formula is C35H28O22. The average molecular weight is 801 g/mol. The zero-order chi connectivity index (χ0) is 41.8. The first kappa shape index (κ1) is 39.0. The van der Waals surface area contributed by atoms with Gasteiger partial charge in [-0.1, -0.05) is 0 Å². The van der Waals surface area contributed by atoms with Crippen molar-refractivity contribution in [2.24, 2.45) is 0 Å². The van der Waals surface area contributed by atoms with Crippen molar-refractivity contribution >= 4 is 23.9 Å². The highest BCUT2D eigenvalue weighted by molar-refractivity contribution is 6.08. The molecule has 0 aliphatic carbocycles. The minimum Gasteiger partial charge on any atom is -0.504 e. The molecule has 22 heteroatoms. The van der Waals surface area contributed by atoms with E-state index >= 15 is 0 Å². The Balaban J connectivity index is 1.52. The van der Waals surface area contributed by atoms with Gasteiger partial charge in [0.2, 0.25) is 11.5 Å². The van der Waals surface area contributed by atoms with Gasteiger partial charge in [-0.15, -0.1) is 0 Å². The quantitative estimate of drug-likeness (QED) is 0.0760. The molecule has 1 fully saturated rings. The minimum atomic E-state index is -2.40. The zero-order valence-electron chi connectivity index (χ0n) is 28.5. The monoisotopic (exact) mass is 800 g/mol. The molecule has 1 saturated heterocycles. The highest BCUT2D eigenvalue weighted by Crippen LogP contribution is 2.53. The number of carbonyl (C=O) groups is 4. The van der Waals surface area contributed by atoms with E-state index in [-0.39, 0.29) is 0 Å². The number of methoxy groups -OCH3 is 1. The fraction of sp³-hybridized carbons (Fsp3) is 0.200. The van der Waals surface area contributed by atoms with Crippen molar-refractivity contribution in [2.45, 2.75) is 30.7 Å². The smallest absolute Gasteiger partial charge is 0.339 e. The minimum absolute atomic E-state index is 0.498. The number of phenols is 11. The maximum Gasteiger partial charge on any atom is 0.339 e. The van der Waals surface area contributed by atoms with Crippen molar-refractivity contribution in [3.63, 3.8) is 0 Å². The molecule has 2 aliphatic heterocycles. The Bertz CT molecular complexity index is 2310. The number of esters is 4. The maximum atomic E-state index is 14.1. The van der Waals surface area contributed by atoms with Crippen LogP contribution in [0.5, 0.6) is 69.0 Å². The second kappa shape index (κ2) is 14.5. The molecule has 4 aromatic rings. The Morgan fingerprint density at radius 1 is 0.596 bits per heavy atom. The lowest BCUT2D eigenvalue weighted by molar-refractivity contribution is -0.284. The van der Waals surface area contributed by atoms with Crippen LogP contribution in [-0.2, 0) is 23.7 Å². The molecule has 0 saturated carbocycles. The van der Waals surface area contributed by atoms with E-state index in [0.29, 0.717) is 30.3 Å². The molecule has 2 aliphatic rings. The summed E-state index contributed by atoms with van der Waals surface area (Å²) in [6.07, 6.45) is -11.1. The average Bonchev–Trinajstić information content (AvgIpc) is 3.18. The molecular weight excluding hydrogens is 772 g/mol. The molecule has 12 N–H and O–H groups in total.